The molecule has 2 aromatic carbocycles. The van der Waals surface area contributed by atoms with Gasteiger partial charge in [-0.2, -0.15) is 0 Å². The summed E-state index contributed by atoms with van der Waals surface area (Å²) in [5.41, 5.74) is 7.19. The molecule has 2 N–H and O–H groups in total. The Bertz CT molecular complexity index is 1380. The van der Waals surface area contributed by atoms with Crippen molar-refractivity contribution in [3.05, 3.63) is 71.4 Å². The number of carbonyl (C=O) groups is 1. The van der Waals surface area contributed by atoms with Crippen molar-refractivity contribution in [2.75, 3.05) is 20.2 Å². The fourth-order valence-corrected chi connectivity index (χ4v) is 5.09. The van der Waals surface area contributed by atoms with Crippen LogP contribution in [0.25, 0.3) is 33.4 Å². The van der Waals surface area contributed by atoms with Gasteiger partial charge in [0.25, 0.3) is 0 Å². The molecule has 0 unspecified atom stereocenters. The number of likely N-dealkylation sites (tertiary alicyclic amines) is 1. The molecule has 0 radical (unpaired) electrons. The summed E-state index contributed by atoms with van der Waals surface area (Å²) >= 11 is 0. The van der Waals surface area contributed by atoms with Gasteiger partial charge in [-0.3, -0.25) is 4.90 Å². The fourth-order valence-electron chi connectivity index (χ4n) is 5.09. The monoisotopic (exact) mass is 469 g/mol. The normalized spacial score (nSPS) is 14.2. The van der Waals surface area contributed by atoms with Crippen molar-refractivity contribution >= 4 is 17.0 Å². The van der Waals surface area contributed by atoms with Crippen molar-refractivity contribution in [1.29, 1.82) is 0 Å². The zero-order valence-corrected chi connectivity index (χ0v) is 20.5. The standard InChI is InChI=1S/C29H31N3O3/c1-18(2)23-15-20(7-8-22(23)29(33)34)21-10-11-30-28-24(21)16-26(31-28)25-14-19(6-9-27(25)35-3)17-32-12-4-5-13-32/h6-11,14-16,18H,4-5,12-13,17H2,1-3H3,(H,30,31)(H,33,34). The van der Waals surface area contributed by atoms with Gasteiger partial charge in [-0.1, -0.05) is 32.0 Å². The summed E-state index contributed by atoms with van der Waals surface area (Å²) in [6, 6.07) is 16.1. The molecule has 2 aromatic heterocycles. The second-order valence-corrected chi connectivity index (χ2v) is 9.58. The lowest BCUT2D eigenvalue weighted by atomic mass is 9.92. The molecular formula is C29H31N3O3. The smallest absolute Gasteiger partial charge is 0.335 e. The van der Waals surface area contributed by atoms with E-state index in [2.05, 4.69) is 33.1 Å². The van der Waals surface area contributed by atoms with Crippen molar-refractivity contribution in [3.63, 3.8) is 0 Å². The number of ether oxygens (including phenoxy) is 1. The van der Waals surface area contributed by atoms with Crippen molar-refractivity contribution in [3.8, 4) is 28.1 Å². The van der Waals surface area contributed by atoms with Gasteiger partial charge in [-0.15, -0.1) is 0 Å². The van der Waals surface area contributed by atoms with E-state index in [0.717, 1.165) is 64.4 Å². The molecule has 1 aliphatic heterocycles. The molecule has 35 heavy (non-hydrogen) atoms. The Balaban J connectivity index is 1.58. The molecule has 0 spiro atoms. The average molecular weight is 470 g/mol. The van der Waals surface area contributed by atoms with E-state index in [1.54, 1.807) is 19.4 Å². The van der Waals surface area contributed by atoms with Gasteiger partial charge in [0, 0.05) is 23.7 Å². The molecular weight excluding hydrogens is 438 g/mol. The first-order valence-corrected chi connectivity index (χ1v) is 12.2. The molecule has 0 amide bonds. The summed E-state index contributed by atoms with van der Waals surface area (Å²) in [7, 11) is 1.70. The number of nitrogens with zero attached hydrogens (tertiary/aromatic N) is 2. The highest BCUT2D eigenvalue weighted by molar-refractivity contribution is 5.98. The van der Waals surface area contributed by atoms with Crippen molar-refractivity contribution in [2.24, 2.45) is 0 Å². The van der Waals surface area contributed by atoms with Crippen LogP contribution in [0.3, 0.4) is 0 Å². The molecule has 4 aromatic rings. The molecule has 1 saturated heterocycles. The van der Waals surface area contributed by atoms with Gasteiger partial charge < -0.3 is 14.8 Å². The number of hydrogen-bond donors (Lipinski definition) is 2. The zero-order chi connectivity index (χ0) is 24.5. The number of fused-ring (bicyclic) bond motifs is 1. The highest BCUT2D eigenvalue weighted by Gasteiger charge is 2.18. The Labute approximate surface area is 205 Å². The zero-order valence-electron chi connectivity index (χ0n) is 20.5. The van der Waals surface area contributed by atoms with Gasteiger partial charge in [0.1, 0.15) is 11.4 Å². The summed E-state index contributed by atoms with van der Waals surface area (Å²) in [6.07, 6.45) is 4.33. The highest BCUT2D eigenvalue weighted by Crippen LogP contribution is 2.37. The third-order valence-electron chi connectivity index (χ3n) is 6.91. The van der Waals surface area contributed by atoms with Crippen LogP contribution in [0.5, 0.6) is 5.75 Å². The van der Waals surface area contributed by atoms with Crippen LogP contribution < -0.4 is 4.74 Å². The third-order valence-corrected chi connectivity index (χ3v) is 6.91. The maximum atomic E-state index is 11.7. The third kappa shape index (κ3) is 4.54. The maximum absolute atomic E-state index is 11.7. The van der Waals surface area contributed by atoms with Gasteiger partial charge >= 0.3 is 5.97 Å². The Kier molecular flexibility index (Phi) is 6.31. The van der Waals surface area contributed by atoms with Crippen LogP contribution in [0, 0.1) is 0 Å². The first kappa shape index (κ1) is 23.1. The fraction of sp³-hybridized carbons (Fsp3) is 0.310. The number of H-pyrrole nitrogens is 1. The van der Waals surface area contributed by atoms with Crippen LogP contribution in [0.2, 0.25) is 0 Å². The Morgan fingerprint density at radius 1 is 1.09 bits per heavy atom. The number of aromatic amines is 1. The first-order valence-electron chi connectivity index (χ1n) is 12.2. The number of pyridine rings is 1. The van der Waals surface area contributed by atoms with E-state index >= 15 is 0 Å². The van der Waals surface area contributed by atoms with Crippen LogP contribution in [-0.2, 0) is 6.54 Å². The molecule has 0 aliphatic carbocycles. The summed E-state index contributed by atoms with van der Waals surface area (Å²) in [6.45, 7) is 7.28. The molecule has 1 fully saturated rings. The largest absolute Gasteiger partial charge is 0.496 e. The number of nitrogens with one attached hydrogen (secondary N) is 1. The first-order chi connectivity index (χ1) is 16.9. The summed E-state index contributed by atoms with van der Waals surface area (Å²) < 4.78 is 5.70. The lowest BCUT2D eigenvalue weighted by Crippen LogP contribution is -2.18. The second-order valence-electron chi connectivity index (χ2n) is 9.58. The molecule has 6 nitrogen and oxygen atoms in total. The minimum absolute atomic E-state index is 0.0998. The number of carboxylic acid groups (broad SMARTS) is 1. The number of methoxy groups -OCH3 is 1. The lowest BCUT2D eigenvalue weighted by Gasteiger charge is -2.16. The van der Waals surface area contributed by atoms with Gasteiger partial charge in [0.05, 0.1) is 18.4 Å². The number of aromatic carboxylic acids is 1. The van der Waals surface area contributed by atoms with Gasteiger partial charge in [-0.25, -0.2) is 9.78 Å². The van der Waals surface area contributed by atoms with E-state index in [4.69, 9.17) is 4.74 Å². The van der Waals surface area contributed by atoms with Crippen LogP contribution in [0.15, 0.2) is 54.7 Å². The quantitative estimate of drug-likeness (QED) is 0.331. The van der Waals surface area contributed by atoms with E-state index in [-0.39, 0.29) is 5.92 Å². The summed E-state index contributed by atoms with van der Waals surface area (Å²) in [5, 5.41) is 10.6. The van der Waals surface area contributed by atoms with Gasteiger partial charge in [0.15, 0.2) is 0 Å². The number of rotatable bonds is 7. The average Bonchev–Trinajstić information content (AvgIpc) is 3.53. The minimum atomic E-state index is -0.898. The number of carboxylic acids is 1. The minimum Gasteiger partial charge on any atom is -0.496 e. The van der Waals surface area contributed by atoms with Crippen LogP contribution in [0.4, 0.5) is 0 Å². The topological polar surface area (TPSA) is 78.4 Å². The van der Waals surface area contributed by atoms with Gasteiger partial charge in [-0.05, 0) is 84.4 Å². The van der Waals surface area contributed by atoms with E-state index in [0.29, 0.717) is 5.56 Å². The molecule has 0 saturated carbocycles. The van der Waals surface area contributed by atoms with E-state index in [1.807, 2.05) is 38.1 Å². The molecule has 6 heteroatoms. The predicted octanol–water partition coefficient (Wildman–Crippen LogP) is 6.32. The molecule has 3 heterocycles. The second kappa shape index (κ2) is 9.55. The van der Waals surface area contributed by atoms with E-state index < -0.39 is 5.97 Å². The molecule has 5 rings (SSSR count). The highest BCUT2D eigenvalue weighted by atomic mass is 16.5. The van der Waals surface area contributed by atoms with Gasteiger partial charge in [0.2, 0.25) is 0 Å². The Morgan fingerprint density at radius 2 is 1.89 bits per heavy atom. The maximum Gasteiger partial charge on any atom is 0.335 e. The van der Waals surface area contributed by atoms with E-state index in [9.17, 15) is 9.90 Å². The summed E-state index contributed by atoms with van der Waals surface area (Å²) in [5.74, 6) is 0.0175. The molecule has 0 atom stereocenters. The number of hydrogen-bond acceptors (Lipinski definition) is 4. The van der Waals surface area contributed by atoms with Crippen LogP contribution in [-0.4, -0.2) is 46.1 Å². The molecule has 1 aliphatic rings. The number of aromatic nitrogens is 2. The van der Waals surface area contributed by atoms with Crippen molar-refractivity contribution < 1.29 is 14.6 Å². The predicted molar refractivity (Wildman–Crippen MR) is 139 cm³/mol. The van der Waals surface area contributed by atoms with Crippen molar-refractivity contribution in [2.45, 2.75) is 39.2 Å². The Morgan fingerprint density at radius 3 is 2.60 bits per heavy atom. The molecule has 0 bridgehead atoms. The number of benzene rings is 2. The van der Waals surface area contributed by atoms with Crippen LogP contribution in [0.1, 0.15) is 54.1 Å². The lowest BCUT2D eigenvalue weighted by molar-refractivity contribution is 0.0695. The molecule has 180 valence electrons. The van der Waals surface area contributed by atoms with E-state index in [1.165, 1.54) is 18.4 Å². The summed E-state index contributed by atoms with van der Waals surface area (Å²) in [4.78, 5) is 22.3. The van der Waals surface area contributed by atoms with Crippen molar-refractivity contribution in [1.82, 2.24) is 14.9 Å². The SMILES string of the molecule is COc1ccc(CN2CCCC2)cc1-c1cc2c(-c3ccc(C(=O)O)c(C(C)C)c3)ccnc2[nH]1. The Hall–Kier alpha value is -3.64. The van der Waals surface area contributed by atoms with Crippen LogP contribution >= 0.6 is 0 Å².